The third kappa shape index (κ3) is 1.67. The summed E-state index contributed by atoms with van der Waals surface area (Å²) in [6, 6.07) is 2.87. The lowest BCUT2D eigenvalue weighted by Gasteiger charge is -2.12. The maximum absolute atomic E-state index is 9.41. The SMILES string of the molecule is CC(CN)c1ccc(O)c(O)c1O. The zero-order valence-electron chi connectivity index (χ0n) is 7.36. The topological polar surface area (TPSA) is 86.7 Å². The molecule has 13 heavy (non-hydrogen) atoms. The molecule has 0 aliphatic heterocycles. The van der Waals surface area contributed by atoms with Gasteiger partial charge >= 0.3 is 0 Å². The zero-order valence-corrected chi connectivity index (χ0v) is 7.36. The van der Waals surface area contributed by atoms with Crippen molar-refractivity contribution in [3.8, 4) is 17.2 Å². The normalized spacial score (nSPS) is 12.8. The molecule has 5 N–H and O–H groups in total. The number of nitrogens with two attached hydrogens (primary N) is 1. The minimum absolute atomic E-state index is 0.0495. The van der Waals surface area contributed by atoms with Gasteiger partial charge in [0.2, 0.25) is 5.75 Å². The number of phenolic OH excluding ortho intramolecular Hbond substituents is 3. The summed E-state index contributed by atoms with van der Waals surface area (Å²) in [5, 5.41) is 27.6. The predicted molar refractivity (Wildman–Crippen MR) is 48.9 cm³/mol. The van der Waals surface area contributed by atoms with Crippen LogP contribution in [0.2, 0.25) is 0 Å². The summed E-state index contributed by atoms with van der Waals surface area (Å²) in [6.45, 7) is 2.20. The summed E-state index contributed by atoms with van der Waals surface area (Å²) in [7, 11) is 0. The van der Waals surface area contributed by atoms with Crippen molar-refractivity contribution in [2.24, 2.45) is 5.73 Å². The second-order valence-corrected chi connectivity index (χ2v) is 3.01. The molecule has 0 aliphatic carbocycles. The van der Waals surface area contributed by atoms with Crippen LogP contribution in [0.15, 0.2) is 12.1 Å². The molecule has 72 valence electrons. The fourth-order valence-corrected chi connectivity index (χ4v) is 1.11. The van der Waals surface area contributed by atoms with Crippen LogP contribution in [0.25, 0.3) is 0 Å². The van der Waals surface area contributed by atoms with Crippen molar-refractivity contribution in [2.75, 3.05) is 6.54 Å². The molecule has 1 atom stereocenters. The van der Waals surface area contributed by atoms with Crippen LogP contribution in [0, 0.1) is 0 Å². The van der Waals surface area contributed by atoms with Gasteiger partial charge in [-0.3, -0.25) is 0 Å². The molecule has 0 amide bonds. The predicted octanol–water partition coefficient (Wildman–Crippen LogP) is 0.866. The molecule has 0 radical (unpaired) electrons. The zero-order chi connectivity index (χ0) is 10.0. The Kier molecular flexibility index (Phi) is 2.63. The highest BCUT2D eigenvalue weighted by Gasteiger charge is 2.14. The van der Waals surface area contributed by atoms with Crippen LogP contribution in [-0.4, -0.2) is 21.9 Å². The number of phenols is 3. The highest BCUT2D eigenvalue weighted by atomic mass is 16.3. The Balaban J connectivity index is 3.18. The second-order valence-electron chi connectivity index (χ2n) is 3.01. The molecule has 1 aromatic carbocycles. The van der Waals surface area contributed by atoms with Gasteiger partial charge < -0.3 is 21.1 Å². The average molecular weight is 183 g/mol. The number of hydrogen-bond donors (Lipinski definition) is 4. The first-order valence-electron chi connectivity index (χ1n) is 4.01. The van der Waals surface area contributed by atoms with Crippen LogP contribution in [-0.2, 0) is 0 Å². The Morgan fingerprint density at radius 1 is 1.23 bits per heavy atom. The third-order valence-electron chi connectivity index (χ3n) is 2.05. The van der Waals surface area contributed by atoms with E-state index in [4.69, 9.17) is 10.8 Å². The van der Waals surface area contributed by atoms with Gasteiger partial charge in [-0.1, -0.05) is 13.0 Å². The molecular weight excluding hydrogens is 170 g/mol. The number of aromatic hydroxyl groups is 3. The van der Waals surface area contributed by atoms with Gasteiger partial charge in [-0.25, -0.2) is 0 Å². The summed E-state index contributed by atoms with van der Waals surface area (Å²) >= 11 is 0. The van der Waals surface area contributed by atoms with E-state index in [0.717, 1.165) is 0 Å². The average Bonchev–Trinajstić information content (AvgIpc) is 2.13. The van der Waals surface area contributed by atoms with Crippen LogP contribution in [0.5, 0.6) is 17.2 Å². The standard InChI is InChI=1S/C9H13NO3/c1-5(4-10)6-2-3-7(11)9(13)8(6)12/h2-3,5,11-13H,4,10H2,1H3. The van der Waals surface area contributed by atoms with E-state index in [0.29, 0.717) is 12.1 Å². The Morgan fingerprint density at radius 2 is 1.85 bits per heavy atom. The van der Waals surface area contributed by atoms with Gasteiger partial charge in [0.25, 0.3) is 0 Å². The Hall–Kier alpha value is -1.42. The largest absolute Gasteiger partial charge is 0.504 e. The van der Waals surface area contributed by atoms with Gasteiger partial charge in [-0.05, 0) is 18.5 Å². The van der Waals surface area contributed by atoms with E-state index in [1.165, 1.54) is 6.07 Å². The summed E-state index contributed by atoms with van der Waals surface area (Å²) in [5.41, 5.74) is 5.95. The summed E-state index contributed by atoms with van der Waals surface area (Å²) in [5.74, 6) is -1.16. The number of hydrogen-bond acceptors (Lipinski definition) is 4. The molecule has 1 unspecified atom stereocenters. The lowest BCUT2D eigenvalue weighted by atomic mass is 10.00. The van der Waals surface area contributed by atoms with Crippen LogP contribution in [0.4, 0.5) is 0 Å². The second kappa shape index (κ2) is 3.53. The van der Waals surface area contributed by atoms with Crippen LogP contribution >= 0.6 is 0 Å². The highest BCUT2D eigenvalue weighted by molar-refractivity contribution is 5.54. The molecule has 1 aromatic rings. The van der Waals surface area contributed by atoms with E-state index in [2.05, 4.69) is 0 Å². The van der Waals surface area contributed by atoms with Gasteiger partial charge in [0, 0.05) is 5.56 Å². The van der Waals surface area contributed by atoms with Crippen molar-refractivity contribution in [1.82, 2.24) is 0 Å². The quantitative estimate of drug-likeness (QED) is 0.512. The molecule has 0 saturated heterocycles. The molecule has 0 saturated carbocycles. The molecule has 0 bridgehead atoms. The lowest BCUT2D eigenvalue weighted by Crippen LogP contribution is -2.08. The van der Waals surface area contributed by atoms with Crippen LogP contribution in [0.1, 0.15) is 18.4 Å². The number of rotatable bonds is 2. The van der Waals surface area contributed by atoms with Gasteiger partial charge in [-0.15, -0.1) is 0 Å². The molecule has 0 heterocycles. The third-order valence-corrected chi connectivity index (χ3v) is 2.05. The first kappa shape index (κ1) is 9.67. The van der Waals surface area contributed by atoms with Crippen molar-refractivity contribution in [1.29, 1.82) is 0 Å². The van der Waals surface area contributed by atoms with Crippen LogP contribution < -0.4 is 5.73 Å². The molecule has 0 aromatic heterocycles. The van der Waals surface area contributed by atoms with E-state index in [9.17, 15) is 10.2 Å². The molecule has 4 nitrogen and oxygen atoms in total. The van der Waals surface area contributed by atoms with Crippen LogP contribution in [0.3, 0.4) is 0 Å². The Labute approximate surface area is 76.2 Å². The first-order chi connectivity index (χ1) is 6.07. The monoisotopic (exact) mass is 183 g/mol. The van der Waals surface area contributed by atoms with Crippen molar-refractivity contribution >= 4 is 0 Å². The molecule has 1 rings (SSSR count). The molecule has 0 aliphatic rings. The Morgan fingerprint density at radius 3 is 2.38 bits per heavy atom. The molecule has 4 heteroatoms. The van der Waals surface area contributed by atoms with E-state index in [1.807, 2.05) is 6.92 Å². The maximum Gasteiger partial charge on any atom is 0.200 e. The van der Waals surface area contributed by atoms with Crippen molar-refractivity contribution in [3.05, 3.63) is 17.7 Å². The van der Waals surface area contributed by atoms with Gasteiger partial charge in [0.15, 0.2) is 11.5 Å². The molecular formula is C9H13NO3. The Bertz CT molecular complexity index is 312. The van der Waals surface area contributed by atoms with Crippen molar-refractivity contribution in [2.45, 2.75) is 12.8 Å². The highest BCUT2D eigenvalue weighted by Crippen LogP contribution is 2.39. The lowest BCUT2D eigenvalue weighted by molar-refractivity contribution is 0.363. The summed E-state index contributed by atoms with van der Waals surface area (Å²) < 4.78 is 0. The number of benzene rings is 1. The fourth-order valence-electron chi connectivity index (χ4n) is 1.11. The van der Waals surface area contributed by atoms with Gasteiger partial charge in [0.05, 0.1) is 0 Å². The minimum atomic E-state index is -0.488. The summed E-state index contributed by atoms with van der Waals surface area (Å²) in [4.78, 5) is 0. The molecule has 0 fully saturated rings. The fraction of sp³-hybridized carbons (Fsp3) is 0.333. The van der Waals surface area contributed by atoms with Crippen molar-refractivity contribution < 1.29 is 15.3 Å². The van der Waals surface area contributed by atoms with E-state index in [1.54, 1.807) is 6.07 Å². The summed E-state index contributed by atoms with van der Waals surface area (Å²) in [6.07, 6.45) is 0. The smallest absolute Gasteiger partial charge is 0.200 e. The molecule has 0 spiro atoms. The minimum Gasteiger partial charge on any atom is -0.504 e. The van der Waals surface area contributed by atoms with E-state index in [-0.39, 0.29) is 17.4 Å². The van der Waals surface area contributed by atoms with Gasteiger partial charge in [0.1, 0.15) is 0 Å². The van der Waals surface area contributed by atoms with E-state index < -0.39 is 5.75 Å². The maximum atomic E-state index is 9.41. The van der Waals surface area contributed by atoms with E-state index >= 15 is 0 Å². The van der Waals surface area contributed by atoms with Gasteiger partial charge in [-0.2, -0.15) is 0 Å². The van der Waals surface area contributed by atoms with Crippen molar-refractivity contribution in [3.63, 3.8) is 0 Å². The first-order valence-corrected chi connectivity index (χ1v) is 4.01.